The lowest BCUT2D eigenvalue weighted by molar-refractivity contribution is 0.0944. The number of rotatable bonds is 4. The van der Waals surface area contributed by atoms with Gasteiger partial charge in [-0.1, -0.05) is 12.1 Å². The van der Waals surface area contributed by atoms with Gasteiger partial charge < -0.3 is 10.6 Å². The van der Waals surface area contributed by atoms with E-state index in [1.54, 1.807) is 50.5 Å². The Labute approximate surface area is 170 Å². The Bertz CT molecular complexity index is 1140. The molecule has 7 nitrogen and oxygen atoms in total. The van der Waals surface area contributed by atoms with Gasteiger partial charge in [0, 0.05) is 24.6 Å². The molecule has 2 amide bonds. The van der Waals surface area contributed by atoms with Crippen molar-refractivity contribution in [3.05, 3.63) is 62.5 Å². The topological polar surface area (TPSA) is 85.1 Å². The highest BCUT2D eigenvalue weighted by atomic mass is 79.9. The van der Waals surface area contributed by atoms with Crippen LogP contribution < -0.4 is 16.3 Å². The van der Waals surface area contributed by atoms with E-state index in [1.807, 2.05) is 13.8 Å². The van der Waals surface area contributed by atoms with Crippen molar-refractivity contribution in [3.8, 4) is 0 Å². The summed E-state index contributed by atoms with van der Waals surface area (Å²) in [5.74, 6) is -0.638. The second kappa shape index (κ2) is 7.63. The highest BCUT2D eigenvalue weighted by Crippen LogP contribution is 2.25. The van der Waals surface area contributed by atoms with E-state index in [4.69, 9.17) is 0 Å². The zero-order valence-electron chi connectivity index (χ0n) is 16.0. The number of hydrogen-bond acceptors (Lipinski definition) is 3. The number of aromatic nitrogens is 2. The zero-order valence-corrected chi connectivity index (χ0v) is 17.6. The molecule has 0 bridgehead atoms. The van der Waals surface area contributed by atoms with Gasteiger partial charge in [0.1, 0.15) is 0 Å². The Morgan fingerprint density at radius 1 is 0.964 bits per heavy atom. The highest BCUT2D eigenvalue weighted by Gasteiger charge is 2.18. The van der Waals surface area contributed by atoms with E-state index in [0.717, 1.165) is 0 Å². The summed E-state index contributed by atoms with van der Waals surface area (Å²) < 4.78 is 3.57. The zero-order chi connectivity index (χ0) is 20.6. The van der Waals surface area contributed by atoms with Crippen LogP contribution in [0.2, 0.25) is 0 Å². The fourth-order valence-electron chi connectivity index (χ4n) is 3.01. The van der Waals surface area contributed by atoms with E-state index >= 15 is 0 Å². The summed E-state index contributed by atoms with van der Waals surface area (Å²) in [6, 6.07) is 10.2. The van der Waals surface area contributed by atoms with Crippen molar-refractivity contribution in [2.75, 3.05) is 5.32 Å². The molecule has 0 fully saturated rings. The van der Waals surface area contributed by atoms with Crippen LogP contribution in [-0.2, 0) is 14.1 Å². The van der Waals surface area contributed by atoms with Crippen LogP contribution in [0.5, 0.6) is 0 Å². The van der Waals surface area contributed by atoms with Crippen LogP contribution in [0.15, 0.2) is 45.7 Å². The molecule has 0 saturated heterocycles. The minimum atomic E-state index is -0.380. The maximum Gasteiger partial charge on any atom is 0.328 e. The fourth-order valence-corrected chi connectivity index (χ4v) is 3.52. The molecule has 0 radical (unpaired) electrons. The summed E-state index contributed by atoms with van der Waals surface area (Å²) in [5, 5.41) is 5.63. The molecule has 1 heterocycles. The Morgan fingerprint density at radius 3 is 2.21 bits per heavy atom. The lowest BCUT2D eigenvalue weighted by Gasteiger charge is -2.14. The summed E-state index contributed by atoms with van der Waals surface area (Å²) in [6.07, 6.45) is 0. The van der Waals surface area contributed by atoms with Gasteiger partial charge >= 0.3 is 5.69 Å². The van der Waals surface area contributed by atoms with Gasteiger partial charge in [0.15, 0.2) is 0 Å². The molecule has 2 N–H and O–H groups in total. The Kier molecular flexibility index (Phi) is 5.42. The van der Waals surface area contributed by atoms with Crippen molar-refractivity contribution in [1.29, 1.82) is 0 Å². The van der Waals surface area contributed by atoms with Crippen molar-refractivity contribution in [3.63, 3.8) is 0 Å². The number of aryl methyl sites for hydroxylation is 2. The average molecular weight is 445 g/mol. The third kappa shape index (κ3) is 3.60. The van der Waals surface area contributed by atoms with E-state index in [0.29, 0.717) is 32.3 Å². The lowest BCUT2D eigenvalue weighted by Crippen LogP contribution is -2.31. The molecule has 3 rings (SSSR count). The van der Waals surface area contributed by atoms with Crippen LogP contribution in [0, 0.1) is 0 Å². The van der Waals surface area contributed by atoms with Crippen LogP contribution in [0.1, 0.15) is 34.6 Å². The molecule has 0 unspecified atom stereocenters. The lowest BCUT2D eigenvalue weighted by atomic mass is 10.1. The minimum absolute atomic E-state index is 0.0211. The highest BCUT2D eigenvalue weighted by molar-refractivity contribution is 9.10. The van der Waals surface area contributed by atoms with Crippen LogP contribution in [0.4, 0.5) is 5.69 Å². The van der Waals surface area contributed by atoms with Gasteiger partial charge in [-0.25, -0.2) is 4.79 Å². The van der Waals surface area contributed by atoms with Crippen LogP contribution in [-0.4, -0.2) is 27.0 Å². The first-order valence-corrected chi connectivity index (χ1v) is 9.56. The molecule has 0 aliphatic heterocycles. The molecule has 0 saturated carbocycles. The number of nitrogens with zero attached hydrogens (tertiary/aromatic N) is 2. The third-order valence-corrected chi connectivity index (χ3v) is 5.10. The molecule has 3 aromatic rings. The molecule has 2 aromatic carbocycles. The van der Waals surface area contributed by atoms with Gasteiger partial charge in [0.05, 0.1) is 27.8 Å². The number of imidazole rings is 1. The first-order chi connectivity index (χ1) is 13.2. The third-order valence-electron chi connectivity index (χ3n) is 4.45. The maximum absolute atomic E-state index is 12.9. The van der Waals surface area contributed by atoms with Crippen molar-refractivity contribution in [2.24, 2.45) is 14.1 Å². The number of carbonyl (C=O) groups is 2. The Morgan fingerprint density at radius 2 is 1.57 bits per heavy atom. The number of benzene rings is 2. The summed E-state index contributed by atoms with van der Waals surface area (Å²) >= 11 is 3.41. The molecule has 0 spiro atoms. The second-order valence-corrected chi connectivity index (χ2v) is 7.70. The second-order valence-electron chi connectivity index (χ2n) is 6.85. The van der Waals surface area contributed by atoms with Crippen LogP contribution in [0.3, 0.4) is 0 Å². The largest absolute Gasteiger partial charge is 0.350 e. The van der Waals surface area contributed by atoms with Crippen molar-refractivity contribution < 1.29 is 9.59 Å². The Hall–Kier alpha value is -2.87. The first-order valence-electron chi connectivity index (χ1n) is 8.77. The van der Waals surface area contributed by atoms with Crippen LogP contribution in [0.25, 0.3) is 11.0 Å². The van der Waals surface area contributed by atoms with Gasteiger partial charge in [-0.2, -0.15) is 0 Å². The SMILES string of the molecule is CC(C)NC(=O)c1ccccc1NC(=O)c1cc2c(cc1Br)n(C)c(=O)n2C. The first kappa shape index (κ1) is 19.9. The van der Waals surface area contributed by atoms with Gasteiger partial charge in [-0.15, -0.1) is 0 Å². The standard InChI is InChI=1S/C20H21BrN4O3/c1-11(2)22-18(26)12-7-5-6-8-15(12)23-19(27)13-9-16-17(10-14(13)21)25(4)20(28)24(16)3/h5-11H,1-4H3,(H,22,26)(H,23,27). The fraction of sp³-hybridized carbons (Fsp3) is 0.250. The van der Waals surface area contributed by atoms with Gasteiger partial charge in [-0.3, -0.25) is 18.7 Å². The molecule has 8 heteroatoms. The number of hydrogen-bond donors (Lipinski definition) is 2. The number of carbonyl (C=O) groups excluding carboxylic acids is 2. The summed E-state index contributed by atoms with van der Waals surface area (Å²) in [4.78, 5) is 37.5. The molecular weight excluding hydrogens is 424 g/mol. The molecule has 0 aliphatic carbocycles. The molecule has 0 atom stereocenters. The number of fused-ring (bicyclic) bond motifs is 1. The number of halogens is 1. The van der Waals surface area contributed by atoms with E-state index in [9.17, 15) is 14.4 Å². The molecule has 1 aromatic heterocycles. The minimum Gasteiger partial charge on any atom is -0.350 e. The summed E-state index contributed by atoms with van der Waals surface area (Å²) in [6.45, 7) is 3.74. The number of anilines is 1. The molecular formula is C20H21BrN4O3. The van der Waals surface area contributed by atoms with Crippen molar-refractivity contribution in [1.82, 2.24) is 14.5 Å². The van der Waals surface area contributed by atoms with Gasteiger partial charge in [0.25, 0.3) is 11.8 Å². The normalized spacial score (nSPS) is 11.1. The molecule has 0 aliphatic rings. The average Bonchev–Trinajstić information content (AvgIpc) is 2.84. The predicted octanol–water partition coefficient (Wildman–Crippen LogP) is 3.03. The van der Waals surface area contributed by atoms with Gasteiger partial charge in [0.2, 0.25) is 0 Å². The van der Waals surface area contributed by atoms with Gasteiger partial charge in [-0.05, 0) is 54.0 Å². The van der Waals surface area contributed by atoms with Crippen molar-refractivity contribution >= 4 is 44.5 Å². The summed E-state index contributed by atoms with van der Waals surface area (Å²) in [7, 11) is 3.34. The van der Waals surface area contributed by atoms with E-state index in [1.165, 1.54) is 9.13 Å². The molecule has 28 heavy (non-hydrogen) atoms. The van der Waals surface area contributed by atoms with E-state index in [-0.39, 0.29) is 23.5 Å². The quantitative estimate of drug-likeness (QED) is 0.648. The Balaban J connectivity index is 1.99. The number of nitrogens with one attached hydrogen (secondary N) is 2. The van der Waals surface area contributed by atoms with Crippen LogP contribution >= 0.6 is 15.9 Å². The number of amides is 2. The predicted molar refractivity (Wildman–Crippen MR) is 113 cm³/mol. The number of para-hydroxylation sites is 1. The van der Waals surface area contributed by atoms with Crippen molar-refractivity contribution in [2.45, 2.75) is 19.9 Å². The monoisotopic (exact) mass is 444 g/mol. The van der Waals surface area contributed by atoms with E-state index in [2.05, 4.69) is 26.6 Å². The van der Waals surface area contributed by atoms with E-state index < -0.39 is 0 Å². The summed E-state index contributed by atoms with van der Waals surface area (Å²) in [5.41, 5.74) is 2.36. The molecule has 146 valence electrons. The maximum atomic E-state index is 12.9. The smallest absolute Gasteiger partial charge is 0.328 e.